The highest BCUT2D eigenvalue weighted by atomic mass is 35.5. The predicted octanol–water partition coefficient (Wildman–Crippen LogP) is 2.69. The second-order valence-electron chi connectivity index (χ2n) is 6.81. The zero-order valence-corrected chi connectivity index (χ0v) is 14.4. The Hall–Kier alpha value is -1.75. The van der Waals surface area contributed by atoms with Crippen molar-refractivity contribution in [3.05, 3.63) is 28.3 Å². The molecule has 0 bridgehead atoms. The van der Waals surface area contributed by atoms with E-state index in [0.717, 1.165) is 37.7 Å². The standard InChI is InChI=1S/C18H23ClN2O3/c19-14-8-13-5-6-24-17(13)15(9-14)18(23)21-10-12-3-1-11(2-4-12)7-16(20)22/h8-9,11-12H,1-7,10H2,(H2,20,22)(H,21,23). The van der Waals surface area contributed by atoms with Crippen molar-refractivity contribution in [2.75, 3.05) is 13.2 Å². The molecule has 0 unspecified atom stereocenters. The molecule has 1 saturated carbocycles. The number of nitrogens with two attached hydrogens (primary N) is 1. The van der Waals surface area contributed by atoms with Gasteiger partial charge in [0.05, 0.1) is 12.2 Å². The third-order valence-electron chi connectivity index (χ3n) is 5.00. The minimum absolute atomic E-state index is 0.130. The lowest BCUT2D eigenvalue weighted by Crippen LogP contribution is -2.32. The van der Waals surface area contributed by atoms with Gasteiger partial charge in [0, 0.05) is 24.4 Å². The number of hydrogen-bond donors (Lipinski definition) is 2. The molecule has 0 aromatic heterocycles. The number of ether oxygens (including phenoxy) is 1. The summed E-state index contributed by atoms with van der Waals surface area (Å²) in [5.74, 6) is 1.17. The highest BCUT2D eigenvalue weighted by Gasteiger charge is 2.25. The topological polar surface area (TPSA) is 81.4 Å². The van der Waals surface area contributed by atoms with Crippen LogP contribution in [0.5, 0.6) is 5.75 Å². The molecule has 1 aromatic rings. The SMILES string of the molecule is NC(=O)CC1CCC(CNC(=O)c2cc(Cl)cc3c2OCC3)CC1. The first-order valence-corrected chi connectivity index (χ1v) is 8.92. The van der Waals surface area contributed by atoms with Gasteiger partial charge in [-0.15, -0.1) is 0 Å². The Kier molecular flexibility index (Phi) is 5.29. The van der Waals surface area contributed by atoms with E-state index < -0.39 is 0 Å². The Labute approximate surface area is 146 Å². The van der Waals surface area contributed by atoms with E-state index in [-0.39, 0.29) is 11.8 Å². The first-order valence-electron chi connectivity index (χ1n) is 8.54. The fourth-order valence-corrected chi connectivity index (χ4v) is 3.94. The van der Waals surface area contributed by atoms with Gasteiger partial charge in [0.1, 0.15) is 5.75 Å². The van der Waals surface area contributed by atoms with Gasteiger partial charge in [0.25, 0.3) is 5.91 Å². The largest absolute Gasteiger partial charge is 0.492 e. The van der Waals surface area contributed by atoms with Crippen LogP contribution >= 0.6 is 11.6 Å². The number of primary amides is 1. The summed E-state index contributed by atoms with van der Waals surface area (Å²) in [5.41, 5.74) is 6.78. The number of nitrogens with one attached hydrogen (secondary N) is 1. The lowest BCUT2D eigenvalue weighted by molar-refractivity contribution is -0.119. The first-order chi connectivity index (χ1) is 11.5. The zero-order valence-electron chi connectivity index (χ0n) is 13.6. The number of rotatable bonds is 5. The highest BCUT2D eigenvalue weighted by molar-refractivity contribution is 6.31. The first kappa shape index (κ1) is 17.1. The van der Waals surface area contributed by atoms with E-state index >= 15 is 0 Å². The fourth-order valence-electron chi connectivity index (χ4n) is 3.69. The molecule has 1 heterocycles. The van der Waals surface area contributed by atoms with Crippen LogP contribution in [0.1, 0.15) is 48.0 Å². The van der Waals surface area contributed by atoms with Crippen molar-refractivity contribution in [1.82, 2.24) is 5.32 Å². The molecule has 3 N–H and O–H groups in total. The summed E-state index contributed by atoms with van der Waals surface area (Å²) in [5, 5.41) is 3.58. The molecule has 1 fully saturated rings. The monoisotopic (exact) mass is 350 g/mol. The molecule has 2 amide bonds. The van der Waals surface area contributed by atoms with Crippen molar-refractivity contribution in [1.29, 1.82) is 0 Å². The van der Waals surface area contributed by atoms with Crippen molar-refractivity contribution >= 4 is 23.4 Å². The summed E-state index contributed by atoms with van der Waals surface area (Å²) in [4.78, 5) is 23.5. The number of carbonyl (C=O) groups is 2. The molecule has 1 aliphatic carbocycles. The molecule has 5 nitrogen and oxygen atoms in total. The fraction of sp³-hybridized carbons (Fsp3) is 0.556. The molecule has 1 aliphatic heterocycles. The van der Waals surface area contributed by atoms with Crippen molar-refractivity contribution < 1.29 is 14.3 Å². The van der Waals surface area contributed by atoms with Crippen molar-refractivity contribution in [2.24, 2.45) is 17.6 Å². The maximum atomic E-state index is 12.5. The summed E-state index contributed by atoms with van der Waals surface area (Å²) >= 11 is 6.11. The summed E-state index contributed by atoms with van der Waals surface area (Å²) in [6.07, 6.45) is 5.30. The second-order valence-corrected chi connectivity index (χ2v) is 7.24. The Morgan fingerprint density at radius 3 is 2.62 bits per heavy atom. The van der Waals surface area contributed by atoms with E-state index in [2.05, 4.69) is 5.32 Å². The maximum absolute atomic E-state index is 12.5. The number of hydrogen-bond acceptors (Lipinski definition) is 3. The van der Waals surface area contributed by atoms with Crippen LogP contribution in [0.3, 0.4) is 0 Å². The lowest BCUT2D eigenvalue weighted by Gasteiger charge is -2.28. The average Bonchev–Trinajstić information content (AvgIpc) is 3.00. The Morgan fingerprint density at radius 1 is 1.21 bits per heavy atom. The van der Waals surface area contributed by atoms with Gasteiger partial charge in [0.2, 0.25) is 5.91 Å². The zero-order chi connectivity index (χ0) is 17.1. The molecule has 0 saturated heterocycles. The van der Waals surface area contributed by atoms with E-state index in [1.165, 1.54) is 0 Å². The van der Waals surface area contributed by atoms with Crippen LogP contribution in [-0.2, 0) is 11.2 Å². The van der Waals surface area contributed by atoms with E-state index in [1.807, 2.05) is 6.07 Å². The van der Waals surface area contributed by atoms with Crippen molar-refractivity contribution in [3.8, 4) is 5.75 Å². The van der Waals surface area contributed by atoms with Crippen molar-refractivity contribution in [2.45, 2.75) is 38.5 Å². The Morgan fingerprint density at radius 2 is 1.92 bits per heavy atom. The van der Waals surface area contributed by atoms with Crippen LogP contribution in [0, 0.1) is 11.8 Å². The Bertz CT molecular complexity index is 639. The molecule has 0 spiro atoms. The maximum Gasteiger partial charge on any atom is 0.255 e. The Balaban J connectivity index is 1.53. The van der Waals surface area contributed by atoms with Gasteiger partial charge >= 0.3 is 0 Å². The number of fused-ring (bicyclic) bond motifs is 1. The summed E-state index contributed by atoms with van der Waals surface area (Å²) < 4.78 is 5.59. The van der Waals surface area contributed by atoms with Gasteiger partial charge in [-0.25, -0.2) is 0 Å². The number of benzene rings is 1. The van der Waals surface area contributed by atoms with E-state index in [4.69, 9.17) is 22.1 Å². The smallest absolute Gasteiger partial charge is 0.255 e. The normalized spacial score (nSPS) is 22.5. The molecule has 0 radical (unpaired) electrons. The quantitative estimate of drug-likeness (QED) is 0.856. The third-order valence-corrected chi connectivity index (χ3v) is 5.22. The van der Waals surface area contributed by atoms with Gasteiger partial charge in [-0.1, -0.05) is 11.6 Å². The number of carbonyl (C=O) groups excluding carboxylic acids is 2. The highest BCUT2D eigenvalue weighted by Crippen LogP contribution is 2.33. The summed E-state index contributed by atoms with van der Waals surface area (Å²) in [6, 6.07) is 3.53. The van der Waals surface area contributed by atoms with E-state index in [1.54, 1.807) is 6.07 Å². The third kappa shape index (κ3) is 4.01. The molecule has 3 rings (SSSR count). The second kappa shape index (κ2) is 7.43. The van der Waals surface area contributed by atoms with Gasteiger partial charge in [0.15, 0.2) is 0 Å². The number of halogens is 1. The number of amides is 2. The molecule has 130 valence electrons. The minimum Gasteiger partial charge on any atom is -0.492 e. The van der Waals surface area contributed by atoms with Crippen LogP contribution in [-0.4, -0.2) is 25.0 Å². The summed E-state index contributed by atoms with van der Waals surface area (Å²) in [6.45, 7) is 1.24. The van der Waals surface area contributed by atoms with Crippen molar-refractivity contribution in [3.63, 3.8) is 0 Å². The molecule has 1 aromatic carbocycles. The van der Waals surface area contributed by atoms with Crippen LogP contribution < -0.4 is 15.8 Å². The van der Waals surface area contributed by atoms with Gasteiger partial charge in [-0.2, -0.15) is 0 Å². The average molecular weight is 351 g/mol. The molecule has 24 heavy (non-hydrogen) atoms. The van der Waals surface area contributed by atoms with Gasteiger partial charge < -0.3 is 15.8 Å². The predicted molar refractivity (Wildman–Crippen MR) is 92.2 cm³/mol. The van der Waals surface area contributed by atoms with Crippen LogP contribution in [0.25, 0.3) is 0 Å². The van der Waals surface area contributed by atoms with Crippen LogP contribution in [0.4, 0.5) is 0 Å². The lowest BCUT2D eigenvalue weighted by atomic mass is 9.80. The van der Waals surface area contributed by atoms with Crippen LogP contribution in [0.2, 0.25) is 5.02 Å². The molecular formula is C18H23ClN2O3. The molecule has 6 heteroatoms. The van der Waals surface area contributed by atoms with Crippen LogP contribution in [0.15, 0.2) is 12.1 Å². The minimum atomic E-state index is -0.221. The molecular weight excluding hydrogens is 328 g/mol. The van der Waals surface area contributed by atoms with Gasteiger partial charge in [-0.05, 0) is 55.2 Å². The van der Waals surface area contributed by atoms with E-state index in [0.29, 0.717) is 47.7 Å². The van der Waals surface area contributed by atoms with E-state index in [9.17, 15) is 9.59 Å². The summed E-state index contributed by atoms with van der Waals surface area (Å²) in [7, 11) is 0. The molecule has 0 atom stereocenters. The molecule has 2 aliphatic rings. The van der Waals surface area contributed by atoms with Gasteiger partial charge in [-0.3, -0.25) is 9.59 Å².